The molecule has 1 aromatic carbocycles. The van der Waals surface area contributed by atoms with Crippen molar-refractivity contribution < 1.29 is 4.79 Å². The molecule has 2 aromatic rings. The number of rotatable bonds is 4. The molecule has 1 unspecified atom stereocenters. The number of benzene rings is 1. The van der Waals surface area contributed by atoms with Gasteiger partial charge in [-0.25, -0.2) is 0 Å². The first kappa shape index (κ1) is 16.6. The summed E-state index contributed by atoms with van der Waals surface area (Å²) in [4.78, 5) is 14.2. The van der Waals surface area contributed by atoms with Crippen molar-refractivity contribution >= 4 is 29.3 Å². The lowest BCUT2D eigenvalue weighted by atomic mass is 10.2. The molecule has 0 bridgehead atoms. The van der Waals surface area contributed by atoms with Crippen molar-refractivity contribution in [3.05, 3.63) is 52.8 Å². The van der Waals surface area contributed by atoms with Gasteiger partial charge in [0.1, 0.15) is 5.15 Å². The second-order valence-electron chi connectivity index (χ2n) is 6.03. The molecule has 0 saturated carbocycles. The van der Waals surface area contributed by atoms with Crippen molar-refractivity contribution in [1.82, 2.24) is 14.7 Å². The number of halogens is 1. The fourth-order valence-electron chi connectivity index (χ4n) is 2.94. The molecule has 6 heteroatoms. The van der Waals surface area contributed by atoms with E-state index in [2.05, 4.69) is 10.4 Å². The first-order valence-corrected chi connectivity index (χ1v) is 8.40. The molecule has 1 aliphatic heterocycles. The predicted octanol–water partition coefficient (Wildman–Crippen LogP) is 3.11. The zero-order chi connectivity index (χ0) is 17.1. The van der Waals surface area contributed by atoms with E-state index in [0.29, 0.717) is 11.7 Å². The highest BCUT2D eigenvalue weighted by molar-refractivity contribution is 6.31. The molecule has 1 fully saturated rings. The Bertz CT molecular complexity index is 754. The number of amides is 1. The summed E-state index contributed by atoms with van der Waals surface area (Å²) in [6.45, 7) is 3.34. The molecule has 24 heavy (non-hydrogen) atoms. The van der Waals surface area contributed by atoms with Crippen LogP contribution in [-0.4, -0.2) is 39.7 Å². The van der Waals surface area contributed by atoms with Gasteiger partial charge in [-0.2, -0.15) is 5.10 Å². The van der Waals surface area contributed by atoms with Gasteiger partial charge >= 0.3 is 0 Å². The van der Waals surface area contributed by atoms with E-state index in [-0.39, 0.29) is 11.9 Å². The van der Waals surface area contributed by atoms with Crippen molar-refractivity contribution in [2.75, 3.05) is 18.4 Å². The molecule has 1 amide bonds. The molecule has 0 radical (unpaired) electrons. The third-order valence-corrected chi connectivity index (χ3v) is 4.68. The summed E-state index contributed by atoms with van der Waals surface area (Å²) in [6, 6.07) is 10.4. The third-order valence-electron chi connectivity index (χ3n) is 4.23. The Morgan fingerprint density at radius 3 is 2.79 bits per heavy atom. The number of hydrogen-bond acceptors (Lipinski definition) is 3. The highest BCUT2D eigenvalue weighted by Gasteiger charge is 2.24. The predicted molar refractivity (Wildman–Crippen MR) is 97.0 cm³/mol. The van der Waals surface area contributed by atoms with Gasteiger partial charge in [0.2, 0.25) is 5.91 Å². The average molecular weight is 345 g/mol. The standard InChI is InChI=1S/C18H21ClN4O/c1-13-16(18(19)22(2)21-13)8-9-17(24)23-11-10-15(12-23)20-14-6-4-3-5-7-14/h3-9,15,20H,10-12H2,1-2H3. The molecule has 2 heterocycles. The number of aromatic nitrogens is 2. The SMILES string of the molecule is Cc1nn(C)c(Cl)c1C=CC(=O)N1CCC(Nc2ccccc2)C1. The number of nitrogens with one attached hydrogen (secondary N) is 1. The summed E-state index contributed by atoms with van der Waals surface area (Å²) >= 11 is 6.18. The Morgan fingerprint density at radius 2 is 2.12 bits per heavy atom. The van der Waals surface area contributed by atoms with Crippen molar-refractivity contribution in [2.24, 2.45) is 7.05 Å². The molecule has 5 nitrogen and oxygen atoms in total. The van der Waals surface area contributed by atoms with Crippen LogP contribution in [0.4, 0.5) is 5.69 Å². The molecular formula is C18H21ClN4O. The monoisotopic (exact) mass is 344 g/mol. The van der Waals surface area contributed by atoms with Crippen LogP contribution in [-0.2, 0) is 11.8 Å². The van der Waals surface area contributed by atoms with E-state index in [4.69, 9.17) is 11.6 Å². The summed E-state index contributed by atoms with van der Waals surface area (Å²) < 4.78 is 1.61. The molecule has 1 aliphatic rings. The average Bonchev–Trinajstić information content (AvgIpc) is 3.12. The van der Waals surface area contributed by atoms with Crippen LogP contribution >= 0.6 is 11.6 Å². The summed E-state index contributed by atoms with van der Waals surface area (Å²) in [5.41, 5.74) is 2.70. The van der Waals surface area contributed by atoms with Gasteiger partial charge in [0.05, 0.1) is 5.69 Å². The number of hydrogen-bond donors (Lipinski definition) is 1. The van der Waals surface area contributed by atoms with Gasteiger partial charge in [-0.1, -0.05) is 29.8 Å². The lowest BCUT2D eigenvalue weighted by Gasteiger charge is -2.16. The number of aryl methyl sites for hydroxylation is 2. The molecule has 1 saturated heterocycles. The fourth-order valence-corrected chi connectivity index (χ4v) is 3.18. The normalized spacial score (nSPS) is 17.6. The Kier molecular flexibility index (Phi) is 4.90. The van der Waals surface area contributed by atoms with E-state index < -0.39 is 0 Å². The summed E-state index contributed by atoms with van der Waals surface area (Å²) in [5.74, 6) is 0.00619. The minimum absolute atomic E-state index is 0.00619. The van der Waals surface area contributed by atoms with Gasteiger partial charge in [0, 0.05) is 43.5 Å². The van der Waals surface area contributed by atoms with Gasteiger partial charge in [0.25, 0.3) is 0 Å². The van der Waals surface area contributed by atoms with Crippen LogP contribution in [0.15, 0.2) is 36.4 Å². The van der Waals surface area contributed by atoms with Gasteiger partial charge in [-0.3, -0.25) is 9.48 Å². The van der Waals surface area contributed by atoms with Crippen LogP contribution in [0.2, 0.25) is 5.15 Å². The molecule has 0 spiro atoms. The number of carbonyl (C=O) groups is 1. The maximum atomic E-state index is 12.4. The van der Waals surface area contributed by atoms with Crippen LogP contribution in [0.5, 0.6) is 0 Å². The second-order valence-corrected chi connectivity index (χ2v) is 6.39. The Hall–Kier alpha value is -2.27. The van der Waals surface area contributed by atoms with Crippen molar-refractivity contribution in [3.63, 3.8) is 0 Å². The van der Waals surface area contributed by atoms with Crippen molar-refractivity contribution in [2.45, 2.75) is 19.4 Å². The van der Waals surface area contributed by atoms with Crippen LogP contribution in [0.1, 0.15) is 17.7 Å². The molecule has 3 rings (SSSR count). The summed E-state index contributed by atoms with van der Waals surface area (Å²) in [7, 11) is 1.79. The number of carbonyl (C=O) groups excluding carboxylic acids is 1. The lowest BCUT2D eigenvalue weighted by molar-refractivity contribution is -0.124. The summed E-state index contributed by atoms with van der Waals surface area (Å²) in [5, 5.41) is 8.26. The highest BCUT2D eigenvalue weighted by Crippen LogP contribution is 2.21. The molecule has 0 aliphatic carbocycles. The lowest BCUT2D eigenvalue weighted by Crippen LogP contribution is -2.30. The Labute approximate surface area is 146 Å². The zero-order valence-corrected chi connectivity index (χ0v) is 14.6. The van der Waals surface area contributed by atoms with E-state index in [1.54, 1.807) is 23.9 Å². The van der Waals surface area contributed by atoms with Crippen LogP contribution < -0.4 is 5.32 Å². The largest absolute Gasteiger partial charge is 0.380 e. The van der Waals surface area contributed by atoms with Gasteiger partial charge in [-0.05, 0) is 31.6 Å². The minimum atomic E-state index is 0.00619. The minimum Gasteiger partial charge on any atom is -0.380 e. The van der Waals surface area contributed by atoms with Gasteiger partial charge < -0.3 is 10.2 Å². The maximum absolute atomic E-state index is 12.4. The molecule has 1 atom stereocenters. The highest BCUT2D eigenvalue weighted by atomic mass is 35.5. The van der Waals surface area contributed by atoms with E-state index >= 15 is 0 Å². The van der Waals surface area contributed by atoms with Gasteiger partial charge in [0.15, 0.2) is 0 Å². The van der Waals surface area contributed by atoms with Crippen LogP contribution in [0, 0.1) is 6.92 Å². The quantitative estimate of drug-likeness (QED) is 0.867. The number of anilines is 1. The zero-order valence-electron chi connectivity index (χ0n) is 13.9. The third kappa shape index (κ3) is 3.62. The molecular weight excluding hydrogens is 324 g/mol. The Balaban J connectivity index is 1.59. The van der Waals surface area contributed by atoms with Crippen LogP contribution in [0.25, 0.3) is 6.08 Å². The number of para-hydroxylation sites is 1. The second kappa shape index (κ2) is 7.09. The topological polar surface area (TPSA) is 50.2 Å². The first-order valence-electron chi connectivity index (χ1n) is 8.02. The van der Waals surface area contributed by atoms with Crippen LogP contribution in [0.3, 0.4) is 0 Å². The van der Waals surface area contributed by atoms with E-state index in [1.165, 1.54) is 0 Å². The fraction of sp³-hybridized carbons (Fsp3) is 0.333. The maximum Gasteiger partial charge on any atom is 0.246 e. The number of nitrogens with zero attached hydrogens (tertiary/aromatic N) is 3. The van der Waals surface area contributed by atoms with E-state index in [0.717, 1.165) is 29.9 Å². The van der Waals surface area contributed by atoms with Crippen molar-refractivity contribution in [3.8, 4) is 0 Å². The first-order chi connectivity index (χ1) is 11.5. The van der Waals surface area contributed by atoms with Crippen molar-refractivity contribution in [1.29, 1.82) is 0 Å². The number of likely N-dealkylation sites (tertiary alicyclic amines) is 1. The Morgan fingerprint density at radius 1 is 1.38 bits per heavy atom. The smallest absolute Gasteiger partial charge is 0.246 e. The molecule has 1 N–H and O–H groups in total. The van der Waals surface area contributed by atoms with Gasteiger partial charge in [-0.15, -0.1) is 0 Å². The summed E-state index contributed by atoms with van der Waals surface area (Å²) in [6.07, 6.45) is 4.28. The van der Waals surface area contributed by atoms with E-state index in [9.17, 15) is 4.79 Å². The molecule has 1 aromatic heterocycles. The van der Waals surface area contributed by atoms with E-state index in [1.807, 2.05) is 42.2 Å². The molecule has 126 valence electrons.